The Bertz CT molecular complexity index is 473. The number of hydrogen-bond acceptors (Lipinski definition) is 1. The highest BCUT2D eigenvalue weighted by Crippen LogP contribution is 2.22. The monoisotopic (exact) mass is 237 g/mol. The second-order valence-electron chi connectivity index (χ2n) is 2.94. The summed E-state index contributed by atoms with van der Waals surface area (Å²) in [5.74, 6) is 0. The van der Waals surface area contributed by atoms with Crippen molar-refractivity contribution >= 4 is 31.5 Å². The topological polar surface area (TPSA) is 32.9 Å². The highest BCUT2D eigenvalue weighted by atomic mass is 79.9. The predicted molar refractivity (Wildman–Crippen MR) is 56.3 cm³/mol. The lowest BCUT2D eigenvalue weighted by atomic mass is 10.1. The van der Waals surface area contributed by atoms with Crippen LogP contribution in [-0.4, -0.2) is 9.68 Å². The van der Waals surface area contributed by atoms with Gasteiger partial charge in [0.1, 0.15) is 0 Å². The fourth-order valence-corrected chi connectivity index (χ4v) is 1.88. The lowest BCUT2D eigenvalue weighted by Gasteiger charge is -1.89. The summed E-state index contributed by atoms with van der Waals surface area (Å²) in [5, 5.41) is 1.10. The molecule has 1 heterocycles. The molecule has 1 N–H and O–H groups in total. The average Bonchev–Trinajstić information content (AvgIpc) is 2.45. The van der Waals surface area contributed by atoms with Crippen molar-refractivity contribution in [3.8, 4) is 0 Å². The van der Waals surface area contributed by atoms with Gasteiger partial charge in [-0.3, -0.25) is 4.79 Å². The number of carbonyl (C=O) groups is 1. The zero-order chi connectivity index (χ0) is 9.42. The average molecular weight is 238 g/mol. The van der Waals surface area contributed by atoms with E-state index in [1.54, 1.807) is 0 Å². The Labute approximate surface area is 84.1 Å². The van der Waals surface area contributed by atoms with Crippen molar-refractivity contribution in [3.05, 3.63) is 35.5 Å². The molecule has 0 unspecified atom stereocenters. The van der Waals surface area contributed by atoms with Gasteiger partial charge in [0.15, 0.2) is 0 Å². The smallest absolute Gasteiger partial charge is 0.244 e. The van der Waals surface area contributed by atoms with Crippen LogP contribution in [0.25, 0.3) is 10.9 Å². The van der Waals surface area contributed by atoms with Gasteiger partial charge < -0.3 is 4.98 Å². The number of aryl methyl sites for hydroxylation is 1. The summed E-state index contributed by atoms with van der Waals surface area (Å²) >= 11 is 2.94. The molecule has 2 nitrogen and oxygen atoms in total. The Morgan fingerprint density at radius 1 is 1.38 bits per heavy atom. The quantitative estimate of drug-likeness (QED) is 0.761. The SMILES string of the molecule is Cc1c(C(=O)Br)[nH]c2ccccc12. The van der Waals surface area contributed by atoms with E-state index in [1.165, 1.54) is 0 Å². The molecule has 0 aliphatic rings. The number of carbonyl (C=O) groups excluding carboxylic acids is 1. The number of rotatable bonds is 1. The minimum Gasteiger partial charge on any atom is -0.351 e. The number of fused-ring (bicyclic) bond motifs is 1. The van der Waals surface area contributed by atoms with Crippen LogP contribution in [0.3, 0.4) is 0 Å². The maximum Gasteiger partial charge on any atom is 0.244 e. The summed E-state index contributed by atoms with van der Waals surface area (Å²) in [4.78, 5) is 14.2. The summed E-state index contributed by atoms with van der Waals surface area (Å²) in [6.45, 7) is 1.94. The lowest BCUT2D eigenvalue weighted by molar-refractivity contribution is 0.109. The number of para-hydroxylation sites is 1. The van der Waals surface area contributed by atoms with Gasteiger partial charge in [-0.25, -0.2) is 0 Å². The Kier molecular flexibility index (Phi) is 1.96. The highest BCUT2D eigenvalue weighted by Gasteiger charge is 2.10. The molecule has 0 aliphatic carbocycles. The molecule has 0 saturated carbocycles. The predicted octanol–water partition coefficient (Wildman–Crippen LogP) is 3.01. The summed E-state index contributed by atoms with van der Waals surface area (Å²) in [6, 6.07) is 7.87. The van der Waals surface area contributed by atoms with Crippen LogP contribution in [0.1, 0.15) is 16.1 Å². The number of benzene rings is 1. The molecule has 1 aromatic heterocycles. The summed E-state index contributed by atoms with van der Waals surface area (Å²) in [6.07, 6.45) is 0. The third-order valence-electron chi connectivity index (χ3n) is 2.16. The molecule has 0 aliphatic heterocycles. The van der Waals surface area contributed by atoms with Crippen LogP contribution in [0.4, 0.5) is 0 Å². The largest absolute Gasteiger partial charge is 0.351 e. The van der Waals surface area contributed by atoms with Crippen molar-refractivity contribution in [2.75, 3.05) is 0 Å². The molecule has 2 aromatic rings. The third kappa shape index (κ3) is 1.29. The number of H-pyrrole nitrogens is 1. The number of nitrogens with one attached hydrogen (secondary N) is 1. The van der Waals surface area contributed by atoms with Gasteiger partial charge in [0.25, 0.3) is 0 Å². The van der Waals surface area contributed by atoms with Crippen LogP contribution < -0.4 is 0 Å². The second kappa shape index (κ2) is 3.00. The molecular formula is C10H8BrNO. The number of aromatic amines is 1. The van der Waals surface area contributed by atoms with Gasteiger partial charge in [0, 0.05) is 10.9 Å². The van der Waals surface area contributed by atoms with E-state index in [-0.39, 0.29) is 4.69 Å². The molecule has 0 fully saturated rings. The molecule has 2 rings (SSSR count). The summed E-state index contributed by atoms with van der Waals surface area (Å²) < 4.78 is -0.0961. The van der Waals surface area contributed by atoms with E-state index < -0.39 is 0 Å². The van der Waals surface area contributed by atoms with Gasteiger partial charge >= 0.3 is 0 Å². The molecule has 0 radical (unpaired) electrons. The fraction of sp³-hybridized carbons (Fsp3) is 0.100. The van der Waals surface area contributed by atoms with Crippen molar-refractivity contribution in [1.29, 1.82) is 0 Å². The van der Waals surface area contributed by atoms with Crippen LogP contribution in [-0.2, 0) is 0 Å². The molecule has 13 heavy (non-hydrogen) atoms. The first-order valence-corrected chi connectivity index (χ1v) is 4.76. The van der Waals surface area contributed by atoms with Gasteiger partial charge in [-0.15, -0.1) is 0 Å². The molecule has 1 aromatic carbocycles. The lowest BCUT2D eigenvalue weighted by Crippen LogP contribution is -1.89. The molecule has 3 heteroatoms. The van der Waals surface area contributed by atoms with E-state index in [4.69, 9.17) is 0 Å². The van der Waals surface area contributed by atoms with Gasteiger partial charge in [0.05, 0.1) is 5.69 Å². The highest BCUT2D eigenvalue weighted by molar-refractivity contribution is 9.18. The summed E-state index contributed by atoms with van der Waals surface area (Å²) in [5.41, 5.74) is 2.64. The number of halogens is 1. The van der Waals surface area contributed by atoms with Gasteiger partial charge in [-0.1, -0.05) is 18.2 Å². The number of aromatic nitrogens is 1. The van der Waals surface area contributed by atoms with Crippen LogP contribution in [0, 0.1) is 6.92 Å². The minimum atomic E-state index is -0.0961. The van der Waals surface area contributed by atoms with Crippen LogP contribution in [0.5, 0.6) is 0 Å². The second-order valence-corrected chi connectivity index (χ2v) is 3.66. The molecule has 0 amide bonds. The van der Waals surface area contributed by atoms with Gasteiger partial charge in [-0.05, 0) is 34.5 Å². The molecule has 0 spiro atoms. The summed E-state index contributed by atoms with van der Waals surface area (Å²) in [7, 11) is 0. The van der Waals surface area contributed by atoms with Crippen LogP contribution >= 0.6 is 15.9 Å². The fourth-order valence-electron chi connectivity index (χ4n) is 1.48. The normalized spacial score (nSPS) is 10.6. The molecule has 0 atom stereocenters. The van der Waals surface area contributed by atoms with Crippen molar-refractivity contribution in [2.45, 2.75) is 6.92 Å². The molecule has 0 bridgehead atoms. The van der Waals surface area contributed by atoms with Gasteiger partial charge in [0.2, 0.25) is 4.69 Å². The van der Waals surface area contributed by atoms with Crippen LogP contribution in [0.15, 0.2) is 24.3 Å². The first kappa shape index (κ1) is 8.51. The Morgan fingerprint density at radius 2 is 2.08 bits per heavy atom. The molecule has 66 valence electrons. The van der Waals surface area contributed by atoms with E-state index in [1.807, 2.05) is 31.2 Å². The minimum absolute atomic E-state index is 0.0961. The maximum absolute atomic E-state index is 11.1. The zero-order valence-electron chi connectivity index (χ0n) is 7.10. The first-order valence-electron chi connectivity index (χ1n) is 3.97. The zero-order valence-corrected chi connectivity index (χ0v) is 8.68. The maximum atomic E-state index is 11.1. The third-order valence-corrected chi connectivity index (χ3v) is 2.56. The van der Waals surface area contributed by atoms with Crippen molar-refractivity contribution in [2.24, 2.45) is 0 Å². The van der Waals surface area contributed by atoms with Crippen molar-refractivity contribution < 1.29 is 4.79 Å². The molecule has 0 saturated heterocycles. The van der Waals surface area contributed by atoms with Crippen molar-refractivity contribution in [1.82, 2.24) is 4.98 Å². The Hall–Kier alpha value is -1.09. The number of hydrogen-bond donors (Lipinski definition) is 1. The van der Waals surface area contributed by atoms with E-state index in [2.05, 4.69) is 20.9 Å². The first-order chi connectivity index (χ1) is 6.20. The van der Waals surface area contributed by atoms with E-state index in [0.717, 1.165) is 16.5 Å². The standard InChI is InChI=1S/C10H8BrNO/c1-6-7-4-2-3-5-8(7)12-9(6)10(11)13/h2-5,12H,1H3. The Balaban J connectivity index is 2.81. The Morgan fingerprint density at radius 3 is 2.69 bits per heavy atom. The van der Waals surface area contributed by atoms with E-state index in [0.29, 0.717) is 5.69 Å². The van der Waals surface area contributed by atoms with E-state index in [9.17, 15) is 4.79 Å². The van der Waals surface area contributed by atoms with Crippen LogP contribution in [0.2, 0.25) is 0 Å². The van der Waals surface area contributed by atoms with Gasteiger partial charge in [-0.2, -0.15) is 0 Å². The van der Waals surface area contributed by atoms with E-state index >= 15 is 0 Å². The van der Waals surface area contributed by atoms with Crippen molar-refractivity contribution in [3.63, 3.8) is 0 Å². The molecular weight excluding hydrogens is 230 g/mol.